The number of amides is 1. The Bertz CT molecular complexity index is 677. The van der Waals surface area contributed by atoms with E-state index in [0.29, 0.717) is 18.9 Å². The van der Waals surface area contributed by atoms with Crippen LogP contribution in [0.1, 0.15) is 31.4 Å². The van der Waals surface area contributed by atoms with Gasteiger partial charge in [-0.3, -0.25) is 0 Å². The monoisotopic (exact) mass is 384 g/mol. The molecule has 0 aromatic heterocycles. The quantitative estimate of drug-likeness (QED) is 0.519. The summed E-state index contributed by atoms with van der Waals surface area (Å²) in [4.78, 5) is 12.3. The van der Waals surface area contributed by atoms with Gasteiger partial charge in [-0.15, -0.1) is 0 Å². The summed E-state index contributed by atoms with van der Waals surface area (Å²) in [6, 6.07) is 18.9. The molecule has 0 unspecified atom stereocenters. The maximum absolute atomic E-state index is 12.3. The highest BCUT2D eigenvalue weighted by atomic mass is 16.5. The van der Waals surface area contributed by atoms with Crippen molar-refractivity contribution >= 4 is 6.09 Å². The van der Waals surface area contributed by atoms with Crippen LogP contribution in [0.25, 0.3) is 0 Å². The number of benzene rings is 2. The molecule has 0 aliphatic rings. The number of carbonyl (C=O) groups is 1. The van der Waals surface area contributed by atoms with Crippen LogP contribution in [0.15, 0.2) is 60.7 Å². The molecule has 0 aliphatic carbocycles. The van der Waals surface area contributed by atoms with E-state index >= 15 is 0 Å². The molecule has 0 heterocycles. The van der Waals surface area contributed by atoms with Gasteiger partial charge in [0.15, 0.2) is 0 Å². The van der Waals surface area contributed by atoms with Crippen molar-refractivity contribution in [1.29, 1.82) is 0 Å². The van der Waals surface area contributed by atoms with Crippen molar-refractivity contribution in [2.24, 2.45) is 5.92 Å². The Morgan fingerprint density at radius 2 is 1.61 bits per heavy atom. The van der Waals surface area contributed by atoms with Gasteiger partial charge in [0, 0.05) is 6.54 Å². The summed E-state index contributed by atoms with van der Waals surface area (Å²) < 4.78 is 5.32. The Kier molecular flexibility index (Phi) is 9.52. The first-order chi connectivity index (χ1) is 13.5. The molecule has 0 saturated heterocycles. The molecule has 2 aromatic carbocycles. The molecular weight excluding hydrogens is 352 g/mol. The van der Waals surface area contributed by atoms with Crippen LogP contribution in [0.5, 0.6) is 0 Å². The third-order valence-corrected chi connectivity index (χ3v) is 4.53. The van der Waals surface area contributed by atoms with Crippen LogP contribution in [0, 0.1) is 5.92 Å². The van der Waals surface area contributed by atoms with E-state index < -0.39 is 18.2 Å². The first kappa shape index (κ1) is 21.9. The largest absolute Gasteiger partial charge is 0.445 e. The SMILES string of the molecule is CC(C)CCNC[C@H](O)[C@H](Cc1ccccc1)NC(=O)OCc1ccccc1. The van der Waals surface area contributed by atoms with Crippen LogP contribution < -0.4 is 10.6 Å². The van der Waals surface area contributed by atoms with Gasteiger partial charge in [0.2, 0.25) is 0 Å². The first-order valence-electron chi connectivity index (χ1n) is 9.94. The molecule has 0 spiro atoms. The van der Waals surface area contributed by atoms with Crippen LogP contribution in [0.4, 0.5) is 4.79 Å². The molecule has 152 valence electrons. The fraction of sp³-hybridized carbons (Fsp3) is 0.435. The number of ether oxygens (including phenoxy) is 1. The van der Waals surface area contributed by atoms with Crippen molar-refractivity contribution in [2.75, 3.05) is 13.1 Å². The Labute approximate surface area is 168 Å². The fourth-order valence-electron chi connectivity index (χ4n) is 2.85. The second-order valence-corrected chi connectivity index (χ2v) is 7.46. The number of hydrogen-bond acceptors (Lipinski definition) is 4. The van der Waals surface area contributed by atoms with Crippen LogP contribution >= 0.6 is 0 Å². The zero-order valence-electron chi connectivity index (χ0n) is 16.8. The number of rotatable bonds is 11. The minimum absolute atomic E-state index is 0.202. The smallest absolute Gasteiger partial charge is 0.407 e. The molecule has 0 saturated carbocycles. The standard InChI is InChI=1S/C23H32N2O3/c1-18(2)13-14-24-16-22(26)21(15-19-9-5-3-6-10-19)25-23(27)28-17-20-11-7-4-8-12-20/h3-12,18,21-22,24,26H,13-17H2,1-2H3,(H,25,27)/t21-,22-/m0/s1. The molecule has 2 aromatic rings. The number of aliphatic hydroxyl groups excluding tert-OH is 1. The first-order valence-corrected chi connectivity index (χ1v) is 9.94. The zero-order valence-corrected chi connectivity index (χ0v) is 16.8. The van der Waals surface area contributed by atoms with E-state index in [9.17, 15) is 9.90 Å². The topological polar surface area (TPSA) is 70.6 Å². The molecule has 2 rings (SSSR count). The normalized spacial score (nSPS) is 13.1. The van der Waals surface area contributed by atoms with Crippen molar-refractivity contribution in [3.8, 4) is 0 Å². The lowest BCUT2D eigenvalue weighted by Crippen LogP contribution is -2.49. The van der Waals surface area contributed by atoms with E-state index in [0.717, 1.165) is 24.1 Å². The van der Waals surface area contributed by atoms with E-state index in [1.165, 1.54) is 0 Å². The van der Waals surface area contributed by atoms with Gasteiger partial charge in [0.1, 0.15) is 6.61 Å². The van der Waals surface area contributed by atoms with E-state index in [4.69, 9.17) is 4.74 Å². The Morgan fingerprint density at radius 3 is 2.21 bits per heavy atom. The minimum Gasteiger partial charge on any atom is -0.445 e. The highest BCUT2D eigenvalue weighted by Gasteiger charge is 2.22. The molecule has 1 amide bonds. The highest BCUT2D eigenvalue weighted by molar-refractivity contribution is 5.67. The van der Waals surface area contributed by atoms with Crippen molar-refractivity contribution in [1.82, 2.24) is 10.6 Å². The molecule has 0 fully saturated rings. The number of alkyl carbamates (subject to hydrolysis) is 1. The van der Waals surface area contributed by atoms with Gasteiger partial charge in [-0.1, -0.05) is 74.5 Å². The predicted octanol–water partition coefficient (Wildman–Crippen LogP) is 3.52. The van der Waals surface area contributed by atoms with Gasteiger partial charge in [0.25, 0.3) is 0 Å². The average Bonchev–Trinajstić information content (AvgIpc) is 2.70. The zero-order chi connectivity index (χ0) is 20.2. The summed E-state index contributed by atoms with van der Waals surface area (Å²) in [5.41, 5.74) is 1.98. The molecule has 0 aliphatic heterocycles. The van der Waals surface area contributed by atoms with E-state index in [-0.39, 0.29) is 6.61 Å². The molecule has 28 heavy (non-hydrogen) atoms. The van der Waals surface area contributed by atoms with Crippen molar-refractivity contribution < 1.29 is 14.6 Å². The summed E-state index contributed by atoms with van der Waals surface area (Å²) in [5, 5.41) is 16.7. The van der Waals surface area contributed by atoms with Gasteiger partial charge in [-0.05, 0) is 36.4 Å². The Morgan fingerprint density at radius 1 is 1.00 bits per heavy atom. The third kappa shape index (κ3) is 8.55. The highest BCUT2D eigenvalue weighted by Crippen LogP contribution is 2.08. The summed E-state index contributed by atoms with van der Waals surface area (Å²) in [6.45, 7) is 5.79. The van der Waals surface area contributed by atoms with Gasteiger partial charge >= 0.3 is 6.09 Å². The molecule has 5 heteroatoms. The number of aliphatic hydroxyl groups is 1. The maximum Gasteiger partial charge on any atom is 0.407 e. The molecule has 5 nitrogen and oxygen atoms in total. The fourth-order valence-corrected chi connectivity index (χ4v) is 2.85. The van der Waals surface area contributed by atoms with Gasteiger partial charge < -0.3 is 20.5 Å². The molecule has 0 radical (unpaired) electrons. The van der Waals surface area contributed by atoms with Crippen molar-refractivity contribution in [3.63, 3.8) is 0 Å². The van der Waals surface area contributed by atoms with Gasteiger partial charge in [0.05, 0.1) is 12.1 Å². The van der Waals surface area contributed by atoms with Crippen LogP contribution in [-0.4, -0.2) is 36.4 Å². The second kappa shape index (κ2) is 12.2. The summed E-state index contributed by atoms with van der Waals surface area (Å²) in [5.74, 6) is 0.607. The third-order valence-electron chi connectivity index (χ3n) is 4.53. The van der Waals surface area contributed by atoms with E-state index in [2.05, 4.69) is 24.5 Å². The molecule has 2 atom stereocenters. The number of nitrogens with one attached hydrogen (secondary N) is 2. The van der Waals surface area contributed by atoms with Gasteiger partial charge in [-0.2, -0.15) is 0 Å². The molecule has 0 bridgehead atoms. The molecule has 3 N–H and O–H groups in total. The Balaban J connectivity index is 1.89. The lowest BCUT2D eigenvalue weighted by atomic mass is 10.0. The molecular formula is C23H32N2O3. The summed E-state index contributed by atoms with van der Waals surface area (Å²) in [7, 11) is 0. The lowest BCUT2D eigenvalue weighted by molar-refractivity contribution is 0.100. The average molecular weight is 385 g/mol. The lowest BCUT2D eigenvalue weighted by Gasteiger charge is -2.24. The Hall–Kier alpha value is -2.37. The van der Waals surface area contributed by atoms with Gasteiger partial charge in [-0.25, -0.2) is 4.79 Å². The van der Waals surface area contributed by atoms with Crippen molar-refractivity contribution in [3.05, 3.63) is 71.8 Å². The maximum atomic E-state index is 12.3. The number of hydrogen-bond donors (Lipinski definition) is 3. The summed E-state index contributed by atoms with van der Waals surface area (Å²) >= 11 is 0. The van der Waals surface area contributed by atoms with E-state index in [1.54, 1.807) is 0 Å². The predicted molar refractivity (Wildman–Crippen MR) is 112 cm³/mol. The van der Waals surface area contributed by atoms with Crippen LogP contribution in [0.2, 0.25) is 0 Å². The number of carbonyl (C=O) groups excluding carboxylic acids is 1. The summed E-state index contributed by atoms with van der Waals surface area (Å²) in [6.07, 6.45) is 0.347. The van der Waals surface area contributed by atoms with E-state index in [1.807, 2.05) is 60.7 Å². The van der Waals surface area contributed by atoms with Crippen molar-refractivity contribution in [2.45, 2.75) is 45.4 Å². The van der Waals surface area contributed by atoms with Crippen LogP contribution in [-0.2, 0) is 17.8 Å². The second-order valence-electron chi connectivity index (χ2n) is 7.46. The van der Waals surface area contributed by atoms with Crippen LogP contribution in [0.3, 0.4) is 0 Å². The minimum atomic E-state index is -0.711.